The van der Waals surface area contributed by atoms with Gasteiger partial charge in [0.2, 0.25) is 11.5 Å². The number of anilines is 1. The molecule has 1 saturated carbocycles. The predicted octanol–water partition coefficient (Wildman–Crippen LogP) is 0.326. The fourth-order valence-corrected chi connectivity index (χ4v) is 1.90. The van der Waals surface area contributed by atoms with Gasteiger partial charge in [-0.2, -0.15) is 0 Å². The van der Waals surface area contributed by atoms with Crippen LogP contribution in [0, 0.1) is 0 Å². The quantitative estimate of drug-likeness (QED) is 0.464. The minimum atomic E-state index is -0.774. The Bertz CT molecular complexity index is 392. The molecule has 0 aromatic carbocycles. The van der Waals surface area contributed by atoms with E-state index in [0.717, 1.165) is 12.8 Å². The van der Waals surface area contributed by atoms with Crippen molar-refractivity contribution in [2.75, 3.05) is 5.32 Å². The molecule has 1 aromatic heterocycles. The van der Waals surface area contributed by atoms with Crippen molar-refractivity contribution in [2.24, 2.45) is 0 Å². The number of halogens is 1. The van der Waals surface area contributed by atoms with Gasteiger partial charge < -0.3 is 10.4 Å². The molecular formula is C9H15ClN4O4. The average molecular weight is 279 g/mol. The summed E-state index contributed by atoms with van der Waals surface area (Å²) in [7, 11) is 0. The molecule has 1 aromatic rings. The molecule has 8 nitrogen and oxygen atoms in total. The molecular weight excluding hydrogens is 264 g/mol. The lowest BCUT2D eigenvalue weighted by Crippen LogP contribution is -2.29. The number of rotatable bonds is 3. The van der Waals surface area contributed by atoms with Crippen LogP contribution in [0.3, 0.4) is 0 Å². The van der Waals surface area contributed by atoms with Gasteiger partial charge in [-0.3, -0.25) is 10.0 Å². The molecule has 9 heteroatoms. The molecule has 102 valence electrons. The SMILES string of the molecule is Cl.O=C(NO)c1nonc1NC1CCC(O)CC1. The van der Waals surface area contributed by atoms with E-state index in [9.17, 15) is 9.90 Å². The van der Waals surface area contributed by atoms with Crippen LogP contribution in [0.1, 0.15) is 36.2 Å². The number of carbonyl (C=O) groups is 1. The van der Waals surface area contributed by atoms with E-state index in [-0.39, 0.29) is 36.1 Å². The standard InChI is InChI=1S/C9H14N4O4.ClH/c14-6-3-1-5(2-4-6)10-8-7(9(15)11-16)12-17-13-8;/h5-6,14,16H,1-4H2,(H,10,13)(H,11,15);1H. The zero-order valence-corrected chi connectivity index (χ0v) is 10.3. The maximum Gasteiger partial charge on any atom is 0.300 e. The summed E-state index contributed by atoms with van der Waals surface area (Å²) < 4.78 is 4.45. The minimum absolute atomic E-state index is 0. The van der Waals surface area contributed by atoms with Crippen LogP contribution in [-0.2, 0) is 0 Å². The third-order valence-electron chi connectivity index (χ3n) is 2.84. The third kappa shape index (κ3) is 3.31. The minimum Gasteiger partial charge on any atom is -0.393 e. The summed E-state index contributed by atoms with van der Waals surface area (Å²) >= 11 is 0. The fourth-order valence-electron chi connectivity index (χ4n) is 1.90. The first-order valence-electron chi connectivity index (χ1n) is 5.42. The Kier molecular flexibility index (Phi) is 5.32. The molecule has 0 saturated heterocycles. The maximum atomic E-state index is 11.2. The lowest BCUT2D eigenvalue weighted by atomic mass is 9.93. The van der Waals surface area contributed by atoms with Crippen LogP contribution in [-0.4, -0.2) is 38.7 Å². The lowest BCUT2D eigenvalue weighted by molar-refractivity contribution is 0.0696. The molecule has 0 radical (unpaired) electrons. The number of hydroxylamine groups is 1. The summed E-state index contributed by atoms with van der Waals surface area (Å²) in [6, 6.07) is 0.121. The first-order chi connectivity index (χ1) is 8.20. The van der Waals surface area contributed by atoms with Gasteiger partial charge in [0.25, 0.3) is 0 Å². The number of aromatic nitrogens is 2. The van der Waals surface area contributed by atoms with Crippen molar-refractivity contribution in [1.29, 1.82) is 0 Å². The van der Waals surface area contributed by atoms with Crippen molar-refractivity contribution in [3.8, 4) is 0 Å². The van der Waals surface area contributed by atoms with Crippen molar-refractivity contribution in [2.45, 2.75) is 37.8 Å². The summed E-state index contributed by atoms with van der Waals surface area (Å²) in [6.45, 7) is 0. The summed E-state index contributed by atoms with van der Waals surface area (Å²) in [5.41, 5.74) is 1.39. The Labute approximate surface area is 109 Å². The van der Waals surface area contributed by atoms with Crippen LogP contribution >= 0.6 is 12.4 Å². The van der Waals surface area contributed by atoms with E-state index in [1.54, 1.807) is 0 Å². The predicted molar refractivity (Wildman–Crippen MR) is 62.7 cm³/mol. The largest absolute Gasteiger partial charge is 0.393 e. The van der Waals surface area contributed by atoms with Crippen molar-refractivity contribution in [3.05, 3.63) is 5.69 Å². The highest BCUT2D eigenvalue weighted by Gasteiger charge is 2.24. The van der Waals surface area contributed by atoms with Gasteiger partial charge in [0, 0.05) is 6.04 Å². The Morgan fingerprint density at radius 3 is 2.56 bits per heavy atom. The third-order valence-corrected chi connectivity index (χ3v) is 2.84. The van der Waals surface area contributed by atoms with E-state index in [2.05, 4.69) is 20.3 Å². The average Bonchev–Trinajstić information content (AvgIpc) is 2.79. The Morgan fingerprint density at radius 2 is 1.94 bits per heavy atom. The molecule has 1 aliphatic rings. The summed E-state index contributed by atoms with van der Waals surface area (Å²) in [6.07, 6.45) is 2.75. The molecule has 1 fully saturated rings. The lowest BCUT2D eigenvalue weighted by Gasteiger charge is -2.25. The number of amides is 1. The number of carbonyl (C=O) groups excluding carboxylic acids is 1. The first-order valence-corrected chi connectivity index (χ1v) is 5.42. The normalized spacial score (nSPS) is 23.0. The molecule has 0 bridgehead atoms. The Hall–Kier alpha value is -1.38. The highest BCUT2D eigenvalue weighted by atomic mass is 35.5. The molecule has 4 N–H and O–H groups in total. The Balaban J connectivity index is 0.00000162. The highest BCUT2D eigenvalue weighted by molar-refractivity contribution is 5.95. The molecule has 1 amide bonds. The van der Waals surface area contributed by atoms with E-state index in [1.807, 2.05) is 0 Å². The van der Waals surface area contributed by atoms with Crippen molar-refractivity contribution in [3.63, 3.8) is 0 Å². The number of hydrogen-bond acceptors (Lipinski definition) is 7. The van der Waals surface area contributed by atoms with E-state index in [1.165, 1.54) is 5.48 Å². The molecule has 18 heavy (non-hydrogen) atoms. The van der Waals surface area contributed by atoms with Gasteiger partial charge >= 0.3 is 5.91 Å². The molecule has 0 atom stereocenters. The highest BCUT2D eigenvalue weighted by Crippen LogP contribution is 2.22. The number of aliphatic hydroxyl groups is 1. The van der Waals surface area contributed by atoms with Crippen LogP contribution in [0.2, 0.25) is 0 Å². The Morgan fingerprint density at radius 1 is 1.28 bits per heavy atom. The number of nitrogens with one attached hydrogen (secondary N) is 2. The molecule has 1 heterocycles. The van der Waals surface area contributed by atoms with Crippen molar-refractivity contribution < 1.29 is 19.7 Å². The molecule has 0 spiro atoms. The number of nitrogens with zero attached hydrogens (tertiary/aromatic N) is 2. The zero-order chi connectivity index (χ0) is 12.3. The molecule has 0 unspecified atom stereocenters. The van der Waals surface area contributed by atoms with Crippen LogP contribution < -0.4 is 10.8 Å². The molecule has 1 aliphatic carbocycles. The zero-order valence-electron chi connectivity index (χ0n) is 9.50. The summed E-state index contributed by atoms with van der Waals surface area (Å²) in [5, 5.41) is 27.8. The summed E-state index contributed by atoms with van der Waals surface area (Å²) in [4.78, 5) is 11.2. The van der Waals surface area contributed by atoms with Gasteiger partial charge in [0.1, 0.15) is 0 Å². The van der Waals surface area contributed by atoms with E-state index in [4.69, 9.17) is 5.21 Å². The van der Waals surface area contributed by atoms with Gasteiger partial charge in [-0.1, -0.05) is 0 Å². The van der Waals surface area contributed by atoms with Crippen LogP contribution in [0.4, 0.5) is 5.82 Å². The molecule has 0 aliphatic heterocycles. The van der Waals surface area contributed by atoms with Gasteiger partial charge in [-0.05, 0) is 36.0 Å². The van der Waals surface area contributed by atoms with Gasteiger partial charge in [0.15, 0.2) is 0 Å². The first kappa shape index (κ1) is 14.7. The van der Waals surface area contributed by atoms with Crippen LogP contribution in [0.5, 0.6) is 0 Å². The topological polar surface area (TPSA) is 121 Å². The van der Waals surface area contributed by atoms with Gasteiger partial charge in [-0.15, -0.1) is 12.4 Å². The summed E-state index contributed by atoms with van der Waals surface area (Å²) in [5.74, 6) is -0.567. The van der Waals surface area contributed by atoms with E-state index in [0.29, 0.717) is 12.8 Å². The van der Waals surface area contributed by atoms with E-state index < -0.39 is 5.91 Å². The van der Waals surface area contributed by atoms with Crippen LogP contribution in [0.15, 0.2) is 4.63 Å². The smallest absolute Gasteiger partial charge is 0.300 e. The second kappa shape index (κ2) is 6.53. The van der Waals surface area contributed by atoms with E-state index >= 15 is 0 Å². The van der Waals surface area contributed by atoms with Gasteiger partial charge in [-0.25, -0.2) is 10.1 Å². The second-order valence-corrected chi connectivity index (χ2v) is 4.05. The van der Waals surface area contributed by atoms with Crippen molar-refractivity contribution >= 4 is 24.1 Å². The van der Waals surface area contributed by atoms with Gasteiger partial charge in [0.05, 0.1) is 6.10 Å². The number of aliphatic hydroxyl groups excluding tert-OH is 1. The molecule has 2 rings (SSSR count). The maximum absolute atomic E-state index is 11.2. The fraction of sp³-hybridized carbons (Fsp3) is 0.667. The van der Waals surface area contributed by atoms with Crippen molar-refractivity contribution in [1.82, 2.24) is 15.8 Å². The van der Waals surface area contributed by atoms with Crippen LogP contribution in [0.25, 0.3) is 0 Å². The second-order valence-electron chi connectivity index (χ2n) is 4.05. The monoisotopic (exact) mass is 278 g/mol. The number of hydrogen-bond donors (Lipinski definition) is 4.